The highest BCUT2D eigenvalue weighted by Crippen LogP contribution is 2.32. The molecule has 1 saturated carbocycles. The molecule has 0 aromatic heterocycles. The lowest BCUT2D eigenvalue weighted by atomic mass is 9.77. The summed E-state index contributed by atoms with van der Waals surface area (Å²) in [6, 6.07) is 5.69. The summed E-state index contributed by atoms with van der Waals surface area (Å²) >= 11 is 0. The molecule has 1 aromatic rings. The summed E-state index contributed by atoms with van der Waals surface area (Å²) < 4.78 is 5.44. The summed E-state index contributed by atoms with van der Waals surface area (Å²) in [5.74, 6) is -0.723. The number of hydrogen-bond acceptors (Lipinski definition) is 3. The summed E-state index contributed by atoms with van der Waals surface area (Å²) in [6.07, 6.45) is 1.79. The number of aryl methyl sites for hydroxylation is 2. The molecule has 1 amide bonds. The van der Waals surface area contributed by atoms with Gasteiger partial charge in [-0.1, -0.05) is 17.7 Å². The van der Waals surface area contributed by atoms with Gasteiger partial charge in [0.25, 0.3) is 5.91 Å². The van der Waals surface area contributed by atoms with E-state index < -0.39 is 17.4 Å². The SMILES string of the molecule is Cc1ccc(OCC(=O)NC2(C(=O)O)CCC2)c(C)c1. The third kappa shape index (κ3) is 2.92. The monoisotopic (exact) mass is 277 g/mol. The van der Waals surface area contributed by atoms with Crippen molar-refractivity contribution in [1.82, 2.24) is 5.32 Å². The lowest BCUT2D eigenvalue weighted by Gasteiger charge is -2.38. The molecule has 1 aliphatic rings. The van der Waals surface area contributed by atoms with Crippen LogP contribution in [0.15, 0.2) is 18.2 Å². The van der Waals surface area contributed by atoms with Crippen molar-refractivity contribution in [2.24, 2.45) is 0 Å². The van der Waals surface area contributed by atoms with Crippen molar-refractivity contribution in [3.8, 4) is 5.75 Å². The Morgan fingerprint density at radius 2 is 2.05 bits per heavy atom. The van der Waals surface area contributed by atoms with E-state index in [1.807, 2.05) is 32.0 Å². The van der Waals surface area contributed by atoms with Gasteiger partial charge in [0.05, 0.1) is 0 Å². The molecule has 20 heavy (non-hydrogen) atoms. The van der Waals surface area contributed by atoms with Gasteiger partial charge in [-0.25, -0.2) is 4.79 Å². The molecule has 0 unspecified atom stereocenters. The second kappa shape index (κ2) is 5.53. The van der Waals surface area contributed by atoms with Crippen LogP contribution in [0.4, 0.5) is 0 Å². The molecule has 0 spiro atoms. The average Bonchev–Trinajstić information content (AvgIpc) is 2.32. The highest BCUT2D eigenvalue weighted by Gasteiger charge is 2.45. The second-order valence-corrected chi connectivity index (χ2v) is 5.35. The zero-order valence-corrected chi connectivity index (χ0v) is 11.7. The molecule has 0 radical (unpaired) electrons. The van der Waals surface area contributed by atoms with Gasteiger partial charge in [0.2, 0.25) is 0 Å². The molecule has 2 N–H and O–H groups in total. The third-order valence-corrected chi connectivity index (χ3v) is 3.68. The Kier molecular flexibility index (Phi) is 3.97. The van der Waals surface area contributed by atoms with E-state index in [-0.39, 0.29) is 6.61 Å². The van der Waals surface area contributed by atoms with Gasteiger partial charge >= 0.3 is 5.97 Å². The summed E-state index contributed by atoms with van der Waals surface area (Å²) in [7, 11) is 0. The molecule has 0 atom stereocenters. The van der Waals surface area contributed by atoms with Crippen LogP contribution < -0.4 is 10.1 Å². The third-order valence-electron chi connectivity index (χ3n) is 3.68. The van der Waals surface area contributed by atoms with E-state index >= 15 is 0 Å². The van der Waals surface area contributed by atoms with Gasteiger partial charge in [0.1, 0.15) is 11.3 Å². The molecule has 2 rings (SSSR count). The minimum atomic E-state index is -1.08. The van der Waals surface area contributed by atoms with Crippen molar-refractivity contribution >= 4 is 11.9 Å². The Bertz CT molecular complexity index is 535. The van der Waals surface area contributed by atoms with Crippen molar-refractivity contribution < 1.29 is 19.4 Å². The Labute approximate surface area is 117 Å². The summed E-state index contributed by atoms with van der Waals surface area (Å²) in [4.78, 5) is 23.0. The number of aliphatic carboxylic acids is 1. The minimum Gasteiger partial charge on any atom is -0.484 e. The quantitative estimate of drug-likeness (QED) is 0.860. The van der Waals surface area contributed by atoms with Gasteiger partial charge in [0.15, 0.2) is 6.61 Å². The highest BCUT2D eigenvalue weighted by molar-refractivity contribution is 5.88. The van der Waals surface area contributed by atoms with Gasteiger partial charge < -0.3 is 15.2 Å². The van der Waals surface area contributed by atoms with Crippen LogP contribution in [-0.2, 0) is 9.59 Å². The van der Waals surface area contributed by atoms with Crippen LogP contribution >= 0.6 is 0 Å². The van der Waals surface area contributed by atoms with E-state index in [0.29, 0.717) is 18.6 Å². The maximum Gasteiger partial charge on any atom is 0.329 e. The number of carbonyl (C=O) groups is 2. The number of rotatable bonds is 5. The Morgan fingerprint density at radius 3 is 2.55 bits per heavy atom. The van der Waals surface area contributed by atoms with Crippen molar-refractivity contribution in [1.29, 1.82) is 0 Å². The lowest BCUT2D eigenvalue weighted by Crippen LogP contribution is -2.59. The number of benzene rings is 1. The van der Waals surface area contributed by atoms with E-state index in [9.17, 15) is 9.59 Å². The van der Waals surface area contributed by atoms with Crippen molar-refractivity contribution in [2.75, 3.05) is 6.61 Å². The molecule has 0 bridgehead atoms. The average molecular weight is 277 g/mol. The van der Waals surface area contributed by atoms with Crippen LogP contribution in [0, 0.1) is 13.8 Å². The number of carbonyl (C=O) groups excluding carboxylic acids is 1. The van der Waals surface area contributed by atoms with Crippen LogP contribution in [0.3, 0.4) is 0 Å². The van der Waals surface area contributed by atoms with Gasteiger partial charge in [-0.3, -0.25) is 4.79 Å². The zero-order valence-electron chi connectivity index (χ0n) is 11.7. The first-order chi connectivity index (χ1) is 9.43. The fraction of sp³-hybridized carbons (Fsp3) is 0.467. The maximum atomic E-state index is 11.8. The van der Waals surface area contributed by atoms with Gasteiger partial charge in [-0.05, 0) is 44.7 Å². The van der Waals surface area contributed by atoms with Crippen LogP contribution in [0.5, 0.6) is 5.75 Å². The number of nitrogens with one attached hydrogen (secondary N) is 1. The fourth-order valence-corrected chi connectivity index (χ4v) is 2.33. The first kappa shape index (κ1) is 14.4. The number of carboxylic acid groups (broad SMARTS) is 1. The Morgan fingerprint density at radius 1 is 1.35 bits per heavy atom. The molecule has 5 heteroatoms. The standard InChI is InChI=1S/C15H19NO4/c1-10-4-5-12(11(2)8-10)20-9-13(17)16-15(14(18)19)6-3-7-15/h4-5,8H,3,6-7,9H2,1-2H3,(H,16,17)(H,18,19). The second-order valence-electron chi connectivity index (χ2n) is 5.35. The van der Waals surface area contributed by atoms with Crippen LogP contribution in [0.1, 0.15) is 30.4 Å². The van der Waals surface area contributed by atoms with E-state index in [2.05, 4.69) is 5.32 Å². The van der Waals surface area contributed by atoms with Gasteiger partial charge in [-0.15, -0.1) is 0 Å². The molecule has 5 nitrogen and oxygen atoms in total. The Hall–Kier alpha value is -2.04. The van der Waals surface area contributed by atoms with Crippen molar-refractivity contribution in [3.63, 3.8) is 0 Å². The molecule has 1 aromatic carbocycles. The number of amides is 1. The molecule has 1 fully saturated rings. The zero-order chi connectivity index (χ0) is 14.8. The molecule has 1 aliphatic carbocycles. The van der Waals surface area contributed by atoms with E-state index in [0.717, 1.165) is 17.5 Å². The number of ether oxygens (including phenoxy) is 1. The fourth-order valence-electron chi connectivity index (χ4n) is 2.33. The first-order valence-corrected chi connectivity index (χ1v) is 6.67. The molecule has 0 aliphatic heterocycles. The van der Waals surface area contributed by atoms with E-state index in [1.54, 1.807) is 0 Å². The highest BCUT2D eigenvalue weighted by atomic mass is 16.5. The Balaban J connectivity index is 1.91. The minimum absolute atomic E-state index is 0.168. The molecular formula is C15H19NO4. The van der Waals surface area contributed by atoms with Crippen molar-refractivity contribution in [3.05, 3.63) is 29.3 Å². The predicted molar refractivity (Wildman–Crippen MR) is 73.8 cm³/mol. The molecular weight excluding hydrogens is 258 g/mol. The van der Waals surface area contributed by atoms with E-state index in [1.165, 1.54) is 0 Å². The summed E-state index contributed by atoms with van der Waals surface area (Å²) in [5.41, 5.74) is 0.996. The largest absolute Gasteiger partial charge is 0.484 e. The maximum absolute atomic E-state index is 11.8. The summed E-state index contributed by atoms with van der Waals surface area (Å²) in [5, 5.41) is 11.7. The molecule has 108 valence electrons. The number of carboxylic acids is 1. The van der Waals surface area contributed by atoms with Crippen LogP contribution in [0.25, 0.3) is 0 Å². The van der Waals surface area contributed by atoms with Gasteiger partial charge in [-0.2, -0.15) is 0 Å². The summed E-state index contributed by atoms with van der Waals surface area (Å²) in [6.45, 7) is 3.72. The number of hydrogen-bond donors (Lipinski definition) is 2. The van der Waals surface area contributed by atoms with Crippen molar-refractivity contribution in [2.45, 2.75) is 38.6 Å². The normalized spacial score (nSPS) is 16.1. The van der Waals surface area contributed by atoms with Crippen LogP contribution in [0.2, 0.25) is 0 Å². The van der Waals surface area contributed by atoms with Gasteiger partial charge in [0, 0.05) is 0 Å². The topological polar surface area (TPSA) is 75.6 Å². The lowest BCUT2D eigenvalue weighted by molar-refractivity contribution is -0.152. The van der Waals surface area contributed by atoms with Crippen LogP contribution in [-0.4, -0.2) is 29.1 Å². The van der Waals surface area contributed by atoms with E-state index in [4.69, 9.17) is 9.84 Å². The first-order valence-electron chi connectivity index (χ1n) is 6.67. The molecule has 0 saturated heterocycles. The molecule has 0 heterocycles. The smallest absolute Gasteiger partial charge is 0.329 e. The predicted octanol–water partition coefficient (Wildman–Crippen LogP) is 1.81.